The molecule has 3 heterocycles. The van der Waals surface area contributed by atoms with Gasteiger partial charge in [-0.3, -0.25) is 4.79 Å². The quantitative estimate of drug-likeness (QED) is 0.0199. The minimum Gasteiger partial charge on any atom is -0.394 e. The van der Waals surface area contributed by atoms with Crippen LogP contribution in [0.1, 0.15) is 322 Å². The van der Waals surface area contributed by atoms with Crippen LogP contribution in [0.4, 0.5) is 0 Å². The summed E-state index contributed by atoms with van der Waals surface area (Å²) < 4.78 is 34.5. The number of hydrogen-bond donors (Lipinski definition) is 12. The van der Waals surface area contributed by atoms with E-state index in [9.17, 15) is 61.0 Å². The first-order chi connectivity index (χ1) is 49.3. The fraction of sp³-hybridized carbons (Fsp3) is 0.866. The number of carbonyl (C=O) groups excluding carboxylic acids is 1. The molecule has 1 amide bonds. The third-order valence-electron chi connectivity index (χ3n) is 20.4. The Morgan fingerprint density at radius 2 is 0.683 bits per heavy atom. The van der Waals surface area contributed by atoms with Gasteiger partial charge in [0.1, 0.15) is 73.2 Å². The van der Waals surface area contributed by atoms with Gasteiger partial charge in [-0.1, -0.05) is 319 Å². The van der Waals surface area contributed by atoms with Gasteiger partial charge >= 0.3 is 0 Å². The minimum absolute atomic E-state index is 0.239. The molecule has 3 saturated heterocycles. The molecule has 0 aromatic heterocycles. The van der Waals surface area contributed by atoms with E-state index in [4.69, 9.17) is 28.4 Å². The van der Waals surface area contributed by atoms with Crippen LogP contribution in [-0.4, -0.2) is 193 Å². The highest BCUT2D eigenvalue weighted by molar-refractivity contribution is 5.76. The summed E-state index contributed by atoms with van der Waals surface area (Å²) in [5.74, 6) is -0.239. The van der Waals surface area contributed by atoms with Gasteiger partial charge in [0.15, 0.2) is 18.9 Å². The van der Waals surface area contributed by atoms with Crippen LogP contribution in [0.5, 0.6) is 0 Å². The Kier molecular flexibility index (Phi) is 57.4. The number of aliphatic hydroxyl groups excluding tert-OH is 11. The number of nitrogens with one attached hydrogen (secondary N) is 1. The highest BCUT2D eigenvalue weighted by Gasteiger charge is 2.54. The van der Waals surface area contributed by atoms with Crippen molar-refractivity contribution in [1.29, 1.82) is 0 Å². The highest BCUT2D eigenvalue weighted by atomic mass is 16.8. The van der Waals surface area contributed by atoms with Crippen molar-refractivity contribution in [2.45, 2.75) is 426 Å². The van der Waals surface area contributed by atoms with E-state index in [0.29, 0.717) is 12.8 Å². The Bertz CT molecular complexity index is 2060. The molecule has 0 aromatic rings. The second kappa shape index (κ2) is 62.5. The van der Waals surface area contributed by atoms with Gasteiger partial charge in [0.2, 0.25) is 5.91 Å². The SMILES string of the molecule is CC/C=C\C/C=C\C/C=C\C/C=C\C/C=C\CCCCCCCCCCCCCCCCCCCC(=O)NC(COC1OC(CO)C(OC2OC(CO)C(OC3OC(CO)C(O)C(O)C3O)C(O)C2O)C(O)C1O)C(O)CCCCCCCCCCCCCCCCCCCCCCCCC. The first-order valence-electron chi connectivity index (χ1n) is 41.0. The summed E-state index contributed by atoms with van der Waals surface area (Å²) in [6.45, 7) is 1.73. The molecule has 3 fully saturated rings. The first-order valence-corrected chi connectivity index (χ1v) is 41.0. The molecule has 0 radical (unpaired) electrons. The largest absolute Gasteiger partial charge is 0.394 e. The van der Waals surface area contributed by atoms with Crippen LogP contribution in [0.15, 0.2) is 60.8 Å². The maximum atomic E-state index is 13.5. The standard InChI is InChI=1S/C82H149NO18/c1-3-5-7-9-11-13-15-17-19-21-23-25-27-28-29-30-31-32-33-34-35-36-38-40-42-44-46-48-50-52-54-56-58-60-70(88)83-65(66(87)59-57-55-53-51-49-47-45-43-41-39-37-26-24-22-20-18-16-14-12-10-8-6-4-2)64-96-80-76(94)73(91)78(68(62-85)98-80)101-82-77(95)74(92)79(69(63-86)99-82)100-81-75(93)72(90)71(89)67(61-84)97-81/h5,7,11,13,17,19,23,25,28-29,65-69,71-82,84-87,89-95H,3-4,6,8-10,12,14-16,18,20-22,24,26-27,30-64H2,1-2H3,(H,83,88)/b7-5-,13-11-,19-17-,25-23-,29-28-. The van der Waals surface area contributed by atoms with Crippen molar-refractivity contribution in [2.75, 3.05) is 26.4 Å². The summed E-state index contributed by atoms with van der Waals surface area (Å²) in [6.07, 6.45) is 53.0. The molecule has 0 spiro atoms. The topological polar surface area (TPSA) is 307 Å². The van der Waals surface area contributed by atoms with Gasteiger partial charge in [-0.25, -0.2) is 0 Å². The number of ether oxygens (including phenoxy) is 6. The summed E-state index contributed by atoms with van der Waals surface area (Å²) in [5, 5.41) is 121. The molecule has 3 aliphatic heterocycles. The second-order valence-electron chi connectivity index (χ2n) is 29.2. The molecule has 0 bridgehead atoms. The Morgan fingerprint density at radius 1 is 0.366 bits per heavy atom. The van der Waals surface area contributed by atoms with Crippen molar-refractivity contribution in [3.05, 3.63) is 60.8 Å². The number of allylic oxidation sites excluding steroid dienone is 10. The lowest BCUT2D eigenvalue weighted by Gasteiger charge is -2.48. The van der Waals surface area contributed by atoms with Gasteiger partial charge in [0.05, 0.1) is 38.6 Å². The lowest BCUT2D eigenvalue weighted by Crippen LogP contribution is -2.66. The van der Waals surface area contributed by atoms with Crippen molar-refractivity contribution in [2.24, 2.45) is 0 Å². The van der Waals surface area contributed by atoms with Crippen LogP contribution in [0.25, 0.3) is 0 Å². The van der Waals surface area contributed by atoms with E-state index in [1.807, 2.05) is 0 Å². The van der Waals surface area contributed by atoms with Crippen LogP contribution >= 0.6 is 0 Å². The molecule has 590 valence electrons. The average molecular weight is 1440 g/mol. The molecule has 17 atom stereocenters. The lowest BCUT2D eigenvalue weighted by molar-refractivity contribution is -0.379. The predicted octanol–water partition coefficient (Wildman–Crippen LogP) is 13.8. The van der Waals surface area contributed by atoms with Crippen molar-refractivity contribution in [1.82, 2.24) is 5.32 Å². The highest BCUT2D eigenvalue weighted by Crippen LogP contribution is 2.33. The molecular weight excluding hydrogens is 1290 g/mol. The number of hydrogen-bond acceptors (Lipinski definition) is 18. The molecule has 3 rings (SSSR count). The zero-order chi connectivity index (χ0) is 73.2. The van der Waals surface area contributed by atoms with Crippen LogP contribution in [0.2, 0.25) is 0 Å². The van der Waals surface area contributed by atoms with Crippen molar-refractivity contribution in [3.8, 4) is 0 Å². The van der Waals surface area contributed by atoms with E-state index in [0.717, 1.165) is 77.0 Å². The van der Waals surface area contributed by atoms with Crippen LogP contribution in [0, 0.1) is 0 Å². The normalized spacial score (nSPS) is 26.6. The van der Waals surface area contributed by atoms with Crippen molar-refractivity contribution < 1.29 is 89.4 Å². The maximum absolute atomic E-state index is 13.5. The summed E-state index contributed by atoms with van der Waals surface area (Å²) in [6, 6.07) is -0.890. The predicted molar refractivity (Wildman–Crippen MR) is 402 cm³/mol. The van der Waals surface area contributed by atoms with E-state index in [1.165, 1.54) is 212 Å². The maximum Gasteiger partial charge on any atom is 0.220 e. The summed E-state index contributed by atoms with van der Waals surface area (Å²) in [4.78, 5) is 13.5. The smallest absolute Gasteiger partial charge is 0.220 e. The molecule has 0 saturated carbocycles. The fourth-order valence-corrected chi connectivity index (χ4v) is 13.8. The number of carbonyl (C=O) groups is 1. The summed E-state index contributed by atoms with van der Waals surface area (Å²) >= 11 is 0. The molecule has 0 aromatic carbocycles. The summed E-state index contributed by atoms with van der Waals surface area (Å²) in [5.41, 5.74) is 0. The van der Waals surface area contributed by atoms with Crippen molar-refractivity contribution >= 4 is 5.91 Å². The fourth-order valence-electron chi connectivity index (χ4n) is 13.8. The third-order valence-corrected chi connectivity index (χ3v) is 20.4. The Balaban J connectivity index is 1.35. The van der Waals surface area contributed by atoms with E-state index in [2.05, 4.69) is 79.9 Å². The van der Waals surface area contributed by atoms with Gasteiger partial charge in [0, 0.05) is 6.42 Å². The van der Waals surface area contributed by atoms with Gasteiger partial charge in [0.25, 0.3) is 0 Å². The van der Waals surface area contributed by atoms with Gasteiger partial charge in [-0.2, -0.15) is 0 Å². The molecule has 12 N–H and O–H groups in total. The zero-order valence-corrected chi connectivity index (χ0v) is 63.1. The van der Waals surface area contributed by atoms with Crippen molar-refractivity contribution in [3.63, 3.8) is 0 Å². The molecule has 19 nitrogen and oxygen atoms in total. The summed E-state index contributed by atoms with van der Waals surface area (Å²) in [7, 11) is 0. The monoisotopic (exact) mass is 1440 g/mol. The van der Waals surface area contributed by atoms with Crippen LogP contribution < -0.4 is 5.32 Å². The zero-order valence-electron chi connectivity index (χ0n) is 63.1. The minimum atomic E-state index is -1.97. The Labute approximate surface area is 611 Å². The van der Waals surface area contributed by atoms with E-state index in [-0.39, 0.29) is 18.9 Å². The number of aliphatic hydroxyl groups is 11. The molecule has 101 heavy (non-hydrogen) atoms. The first kappa shape index (κ1) is 92.7. The molecule has 17 unspecified atom stereocenters. The van der Waals surface area contributed by atoms with E-state index in [1.54, 1.807) is 0 Å². The number of unbranched alkanes of at least 4 members (excludes halogenated alkanes) is 39. The van der Waals surface area contributed by atoms with Crippen LogP contribution in [0.3, 0.4) is 0 Å². The molecular formula is C82H149NO18. The Hall–Kier alpha value is -2.51. The van der Waals surface area contributed by atoms with Gasteiger partial charge in [-0.15, -0.1) is 0 Å². The van der Waals surface area contributed by atoms with E-state index < -0.39 is 124 Å². The number of rotatable bonds is 65. The number of amides is 1. The molecule has 19 heteroatoms. The molecule has 0 aliphatic carbocycles. The Morgan fingerprint density at radius 3 is 1.07 bits per heavy atom. The van der Waals surface area contributed by atoms with Gasteiger partial charge < -0.3 is 89.9 Å². The average Bonchev–Trinajstić information content (AvgIpc) is 0.783. The van der Waals surface area contributed by atoms with Gasteiger partial charge in [-0.05, 0) is 57.8 Å². The van der Waals surface area contributed by atoms with Crippen LogP contribution in [-0.2, 0) is 33.2 Å². The second-order valence-corrected chi connectivity index (χ2v) is 29.2. The molecule has 3 aliphatic rings. The third kappa shape index (κ3) is 42.6. The van der Waals surface area contributed by atoms with E-state index >= 15 is 0 Å². The lowest BCUT2D eigenvalue weighted by atomic mass is 9.96.